The molecule has 0 aliphatic rings. The number of carboxylic acid groups (broad SMARTS) is 1. The van der Waals surface area contributed by atoms with Gasteiger partial charge in [-0.15, -0.1) is 0 Å². The van der Waals surface area contributed by atoms with E-state index >= 15 is 0 Å². The normalized spacial score (nSPS) is 11.9. The van der Waals surface area contributed by atoms with E-state index in [1.807, 2.05) is 0 Å². The van der Waals surface area contributed by atoms with Crippen LogP contribution in [-0.2, 0) is 4.74 Å². The van der Waals surface area contributed by atoms with Crippen molar-refractivity contribution in [2.75, 3.05) is 0 Å². The lowest BCUT2D eigenvalue weighted by atomic mass is 10.0. The van der Waals surface area contributed by atoms with E-state index in [-0.39, 0.29) is 17.6 Å². The lowest BCUT2D eigenvalue weighted by Crippen LogP contribution is -2.18. The quantitative estimate of drug-likeness (QED) is 0.314. The Morgan fingerprint density at radius 2 is 1.31 bits per heavy atom. The van der Waals surface area contributed by atoms with Crippen molar-refractivity contribution in [2.45, 2.75) is 90.6 Å². The third-order valence-electron chi connectivity index (χ3n) is 4.65. The van der Waals surface area contributed by atoms with Gasteiger partial charge in [0.1, 0.15) is 6.10 Å². The molecule has 0 bridgehead atoms. The summed E-state index contributed by atoms with van der Waals surface area (Å²) in [5, 5.41) is 8.93. The van der Waals surface area contributed by atoms with Gasteiger partial charge in [-0.3, -0.25) is 0 Å². The second-order valence-electron chi connectivity index (χ2n) is 6.96. The van der Waals surface area contributed by atoms with Crippen LogP contribution < -0.4 is 0 Å². The zero-order valence-electron chi connectivity index (χ0n) is 16.3. The Kier molecular flexibility index (Phi) is 11.4. The van der Waals surface area contributed by atoms with Gasteiger partial charge in [0.15, 0.2) is 0 Å². The average Bonchev–Trinajstić information content (AvgIpc) is 2.65. The van der Waals surface area contributed by atoms with Crippen molar-refractivity contribution < 1.29 is 19.4 Å². The van der Waals surface area contributed by atoms with E-state index in [0.29, 0.717) is 5.56 Å². The van der Waals surface area contributed by atoms with Crippen molar-refractivity contribution >= 4 is 11.9 Å². The number of carboxylic acids is 1. The summed E-state index contributed by atoms with van der Waals surface area (Å²) in [5.74, 6) is -1.35. The fraction of sp³-hybridized carbons (Fsp3) is 0.636. The Hall–Kier alpha value is -1.84. The molecule has 0 saturated heterocycles. The van der Waals surface area contributed by atoms with Crippen LogP contribution in [0.1, 0.15) is 105 Å². The minimum absolute atomic E-state index is 0.0442. The van der Waals surface area contributed by atoms with Crippen LogP contribution in [0.4, 0.5) is 0 Å². The van der Waals surface area contributed by atoms with Crippen LogP contribution in [0.3, 0.4) is 0 Å². The smallest absolute Gasteiger partial charge is 0.338 e. The van der Waals surface area contributed by atoms with Crippen LogP contribution in [0.5, 0.6) is 0 Å². The van der Waals surface area contributed by atoms with Crippen LogP contribution in [0.2, 0.25) is 0 Å². The highest BCUT2D eigenvalue weighted by Crippen LogP contribution is 2.17. The maximum absolute atomic E-state index is 12.3. The van der Waals surface area contributed by atoms with Crippen molar-refractivity contribution in [1.29, 1.82) is 0 Å². The van der Waals surface area contributed by atoms with Gasteiger partial charge in [-0.1, -0.05) is 65.2 Å². The molecule has 1 rings (SSSR count). The number of carbonyl (C=O) groups is 2. The van der Waals surface area contributed by atoms with Gasteiger partial charge >= 0.3 is 11.9 Å². The number of aromatic carboxylic acids is 1. The second-order valence-corrected chi connectivity index (χ2v) is 6.96. The number of benzene rings is 1. The summed E-state index contributed by atoms with van der Waals surface area (Å²) in [5.41, 5.74) is 0.586. The molecule has 26 heavy (non-hydrogen) atoms. The maximum Gasteiger partial charge on any atom is 0.338 e. The molecular weight excluding hydrogens is 328 g/mol. The molecule has 4 heteroatoms. The maximum atomic E-state index is 12.3. The number of esters is 1. The zero-order valence-corrected chi connectivity index (χ0v) is 16.3. The van der Waals surface area contributed by atoms with E-state index in [1.165, 1.54) is 62.8 Å². The van der Waals surface area contributed by atoms with Crippen LogP contribution in [-0.4, -0.2) is 23.1 Å². The van der Waals surface area contributed by atoms with Crippen LogP contribution in [0.15, 0.2) is 24.3 Å². The Balaban J connectivity index is 2.44. The van der Waals surface area contributed by atoms with Gasteiger partial charge in [-0.25, -0.2) is 9.59 Å². The summed E-state index contributed by atoms with van der Waals surface area (Å²) in [4.78, 5) is 23.2. The fourth-order valence-corrected chi connectivity index (χ4v) is 2.99. The van der Waals surface area contributed by atoms with Crippen LogP contribution >= 0.6 is 0 Å². The number of ether oxygens (including phenoxy) is 1. The molecule has 4 nitrogen and oxygen atoms in total. The van der Waals surface area contributed by atoms with Gasteiger partial charge in [0.2, 0.25) is 0 Å². The van der Waals surface area contributed by atoms with Crippen molar-refractivity contribution in [3.63, 3.8) is 0 Å². The van der Waals surface area contributed by atoms with Crippen molar-refractivity contribution in [1.82, 2.24) is 0 Å². The molecule has 0 heterocycles. The lowest BCUT2D eigenvalue weighted by molar-refractivity contribution is 0.0249. The highest BCUT2D eigenvalue weighted by Gasteiger charge is 2.16. The molecule has 0 radical (unpaired) electrons. The summed E-state index contributed by atoms with van der Waals surface area (Å²) >= 11 is 0. The SMILES string of the molecule is CCCCCCCCCC(CCCC)OC(=O)c1ccc(C(=O)O)cc1. The van der Waals surface area contributed by atoms with E-state index in [0.717, 1.165) is 32.1 Å². The first-order chi connectivity index (χ1) is 12.6. The number of unbranched alkanes of at least 4 members (excludes halogenated alkanes) is 7. The first-order valence-electron chi connectivity index (χ1n) is 10.1. The predicted octanol–water partition coefficient (Wildman–Crippen LogP) is 6.24. The van der Waals surface area contributed by atoms with Gasteiger partial charge in [0, 0.05) is 0 Å². The molecule has 146 valence electrons. The molecule has 0 saturated carbocycles. The standard InChI is InChI=1S/C22H34O4/c1-3-5-7-8-9-10-11-13-20(12-6-4-2)26-22(25)19-16-14-18(15-17-19)21(23)24/h14-17,20H,3-13H2,1-2H3,(H,23,24). The van der Waals surface area contributed by atoms with Gasteiger partial charge < -0.3 is 9.84 Å². The summed E-state index contributed by atoms with van der Waals surface area (Å²) < 4.78 is 5.70. The molecule has 0 aromatic heterocycles. The van der Waals surface area contributed by atoms with E-state index in [9.17, 15) is 9.59 Å². The Bertz CT molecular complexity index is 521. The predicted molar refractivity (Wildman–Crippen MR) is 105 cm³/mol. The molecule has 0 spiro atoms. The molecule has 1 atom stereocenters. The van der Waals surface area contributed by atoms with Gasteiger partial charge in [-0.05, 0) is 43.5 Å². The number of rotatable bonds is 14. The largest absolute Gasteiger partial charge is 0.478 e. The molecule has 0 aliphatic heterocycles. The van der Waals surface area contributed by atoms with Gasteiger partial charge in [0.25, 0.3) is 0 Å². The topological polar surface area (TPSA) is 63.6 Å². The number of carbonyl (C=O) groups excluding carboxylic acids is 1. The number of hydrogen-bond donors (Lipinski definition) is 1. The minimum atomic E-state index is -0.996. The summed E-state index contributed by atoms with van der Waals surface area (Å²) in [6.45, 7) is 4.36. The molecule has 0 fully saturated rings. The highest BCUT2D eigenvalue weighted by molar-refractivity contribution is 5.92. The summed E-state index contributed by atoms with van der Waals surface area (Å²) in [7, 11) is 0. The Labute approximate surface area is 158 Å². The molecule has 1 aromatic rings. The molecular formula is C22H34O4. The average molecular weight is 363 g/mol. The molecule has 0 aliphatic carbocycles. The molecule has 1 unspecified atom stereocenters. The van der Waals surface area contributed by atoms with Crippen LogP contribution in [0, 0.1) is 0 Å². The Morgan fingerprint density at radius 1 is 0.808 bits per heavy atom. The minimum Gasteiger partial charge on any atom is -0.478 e. The van der Waals surface area contributed by atoms with Crippen molar-refractivity contribution in [2.24, 2.45) is 0 Å². The summed E-state index contributed by atoms with van der Waals surface area (Å²) in [6, 6.07) is 5.93. The highest BCUT2D eigenvalue weighted by atomic mass is 16.5. The second kappa shape index (κ2) is 13.4. The molecule has 0 amide bonds. The van der Waals surface area contributed by atoms with E-state index in [2.05, 4.69) is 13.8 Å². The third kappa shape index (κ3) is 9.02. The summed E-state index contributed by atoms with van der Waals surface area (Å²) in [6.07, 6.45) is 12.6. The Morgan fingerprint density at radius 3 is 1.88 bits per heavy atom. The third-order valence-corrected chi connectivity index (χ3v) is 4.65. The lowest BCUT2D eigenvalue weighted by Gasteiger charge is -2.18. The van der Waals surface area contributed by atoms with E-state index in [4.69, 9.17) is 9.84 Å². The van der Waals surface area contributed by atoms with E-state index in [1.54, 1.807) is 0 Å². The molecule has 1 aromatic carbocycles. The molecule has 1 N–H and O–H groups in total. The monoisotopic (exact) mass is 362 g/mol. The first kappa shape index (κ1) is 22.2. The fourth-order valence-electron chi connectivity index (χ4n) is 2.99. The van der Waals surface area contributed by atoms with E-state index < -0.39 is 5.97 Å². The number of hydrogen-bond acceptors (Lipinski definition) is 3. The first-order valence-corrected chi connectivity index (χ1v) is 10.1. The van der Waals surface area contributed by atoms with Crippen molar-refractivity contribution in [3.8, 4) is 0 Å². The zero-order chi connectivity index (χ0) is 19.2. The van der Waals surface area contributed by atoms with Gasteiger partial charge in [0.05, 0.1) is 11.1 Å². The van der Waals surface area contributed by atoms with Crippen LogP contribution in [0.25, 0.3) is 0 Å². The van der Waals surface area contributed by atoms with Gasteiger partial charge in [-0.2, -0.15) is 0 Å². The van der Waals surface area contributed by atoms with Crippen molar-refractivity contribution in [3.05, 3.63) is 35.4 Å².